The Bertz CT molecular complexity index is 119. The number of allylic oxidation sites excluding steroid dienone is 1. The molecule has 0 aromatic carbocycles. The second-order valence-corrected chi connectivity index (χ2v) is 8.84. The Balaban J connectivity index is 3.98. The van der Waals surface area contributed by atoms with Gasteiger partial charge < -0.3 is 0 Å². The molecule has 56 valence electrons. The normalized spacial score (nSPS) is 12.0. The van der Waals surface area contributed by atoms with Gasteiger partial charge in [0.2, 0.25) is 0 Å². The number of ether oxygens (including phenoxy) is 1. The maximum absolute atomic E-state index is 5.80. The summed E-state index contributed by atoms with van der Waals surface area (Å²) in [6, 6.07) is 0. The van der Waals surface area contributed by atoms with Crippen LogP contribution < -0.4 is 0 Å². The molecule has 0 amide bonds. The first-order valence-corrected chi connectivity index (χ1v) is 13.2. The van der Waals surface area contributed by atoms with E-state index in [0.717, 1.165) is 6.42 Å². The summed E-state index contributed by atoms with van der Waals surface area (Å²) in [6.45, 7) is 4.60. The van der Waals surface area contributed by atoms with Crippen LogP contribution in [0.4, 0.5) is 0 Å². The first-order valence-electron chi connectivity index (χ1n) is 3.32. The summed E-state index contributed by atoms with van der Waals surface area (Å²) >= 11 is 4.47. The first kappa shape index (κ1) is 11.1. The topological polar surface area (TPSA) is 9.23 Å². The minimum atomic E-state index is -1.30. The molecule has 0 aliphatic heterocycles. The van der Waals surface area contributed by atoms with Gasteiger partial charge in [-0.3, -0.25) is 0 Å². The summed E-state index contributed by atoms with van der Waals surface area (Å²) in [5.41, 5.74) is 0. The van der Waals surface area contributed by atoms with E-state index in [1.54, 1.807) is 0 Å². The van der Waals surface area contributed by atoms with Crippen LogP contribution >= 0.6 is 19.9 Å². The van der Waals surface area contributed by atoms with E-state index in [1.165, 1.54) is 3.08 Å². The van der Waals surface area contributed by atoms with Crippen molar-refractivity contribution in [2.75, 3.05) is 6.61 Å². The van der Waals surface area contributed by atoms with Gasteiger partial charge in [-0.15, -0.1) is 0 Å². The van der Waals surface area contributed by atoms with Crippen LogP contribution in [0.5, 0.6) is 0 Å². The Morgan fingerprint density at radius 3 is 2.40 bits per heavy atom. The zero-order valence-electron chi connectivity index (χ0n) is 6.29. The molecule has 0 bridgehead atoms. The molecule has 0 aromatic heterocycles. The first-order chi connectivity index (χ1) is 4.76. The summed E-state index contributed by atoms with van der Waals surface area (Å²) in [4.78, 5) is 0. The summed E-state index contributed by atoms with van der Waals surface area (Å²) in [5.74, 6) is 0. The predicted molar refractivity (Wildman–Crippen MR) is 40.6 cm³/mol. The van der Waals surface area contributed by atoms with Crippen molar-refractivity contribution in [2.45, 2.75) is 20.3 Å². The fourth-order valence-corrected chi connectivity index (χ4v) is 6.21. The van der Waals surface area contributed by atoms with Gasteiger partial charge in [0.05, 0.1) is 0 Å². The fraction of sp³-hybridized carbons (Fsp3) is 0.667. The molecular weight excluding hydrogens is 360 g/mol. The van der Waals surface area contributed by atoms with Crippen molar-refractivity contribution < 1.29 is 28.1 Å². The molecule has 0 saturated carbocycles. The molecule has 0 aliphatic rings. The molecular formula is C6H10Cl2HgO. The SMILES string of the molecule is CCO/C(Cl)=[C](/CC)[Hg][Cl]. The van der Waals surface area contributed by atoms with Crippen LogP contribution in [0.2, 0.25) is 0 Å². The van der Waals surface area contributed by atoms with Gasteiger partial charge in [-0.05, 0) is 0 Å². The monoisotopic (exact) mass is 370 g/mol. The fourth-order valence-electron chi connectivity index (χ4n) is 0.515. The molecule has 4 heteroatoms. The average Bonchev–Trinajstić information content (AvgIpc) is 1.91. The van der Waals surface area contributed by atoms with Crippen molar-refractivity contribution in [3.63, 3.8) is 0 Å². The summed E-state index contributed by atoms with van der Waals surface area (Å²) in [5, 5.41) is 0.557. The van der Waals surface area contributed by atoms with Gasteiger partial charge in [-0.25, -0.2) is 0 Å². The third kappa shape index (κ3) is 4.04. The Hall–Kier alpha value is 1.06. The molecule has 0 aromatic rings. The van der Waals surface area contributed by atoms with Crippen molar-refractivity contribution in [3.8, 4) is 0 Å². The number of hydrogen-bond donors (Lipinski definition) is 0. The van der Waals surface area contributed by atoms with Gasteiger partial charge in [0.25, 0.3) is 0 Å². The molecule has 0 heterocycles. The number of rotatable bonds is 4. The van der Waals surface area contributed by atoms with Crippen LogP contribution in [-0.4, -0.2) is 6.61 Å². The number of hydrogen-bond acceptors (Lipinski definition) is 1. The molecule has 0 radical (unpaired) electrons. The van der Waals surface area contributed by atoms with E-state index in [-0.39, 0.29) is 0 Å². The minimum absolute atomic E-state index is 0.557. The molecule has 0 rings (SSSR count). The molecule has 0 fully saturated rings. The van der Waals surface area contributed by atoms with E-state index in [2.05, 4.69) is 6.92 Å². The third-order valence-corrected chi connectivity index (χ3v) is 9.66. The van der Waals surface area contributed by atoms with E-state index in [1.807, 2.05) is 6.92 Å². The van der Waals surface area contributed by atoms with Crippen molar-refractivity contribution in [3.05, 3.63) is 8.30 Å². The van der Waals surface area contributed by atoms with Gasteiger partial charge in [0.15, 0.2) is 0 Å². The van der Waals surface area contributed by atoms with E-state index in [4.69, 9.17) is 24.6 Å². The van der Waals surface area contributed by atoms with E-state index < -0.39 is 23.3 Å². The molecule has 1 nitrogen and oxygen atoms in total. The van der Waals surface area contributed by atoms with Crippen molar-refractivity contribution >= 4 is 19.9 Å². The van der Waals surface area contributed by atoms with Gasteiger partial charge in [-0.1, -0.05) is 0 Å². The van der Waals surface area contributed by atoms with E-state index >= 15 is 0 Å². The molecule has 10 heavy (non-hydrogen) atoms. The Morgan fingerprint density at radius 2 is 2.10 bits per heavy atom. The average molecular weight is 370 g/mol. The Kier molecular flexibility index (Phi) is 7.46. The quantitative estimate of drug-likeness (QED) is 0.547. The van der Waals surface area contributed by atoms with Crippen LogP contribution in [-0.2, 0) is 28.1 Å². The second-order valence-electron chi connectivity index (χ2n) is 1.80. The van der Waals surface area contributed by atoms with Crippen molar-refractivity contribution in [1.82, 2.24) is 0 Å². The van der Waals surface area contributed by atoms with E-state index in [0.29, 0.717) is 11.8 Å². The standard InChI is InChI=1S/C6H10ClO.ClH.Hg/c1-3-5-6(7)8-4-2;;/h3-4H2,1-2H3;1H;/q;;+1/p-1. The molecule has 0 saturated heterocycles. The van der Waals surface area contributed by atoms with Gasteiger partial charge in [0, 0.05) is 0 Å². The molecule has 0 N–H and O–H groups in total. The van der Waals surface area contributed by atoms with Crippen LogP contribution in [0.25, 0.3) is 0 Å². The van der Waals surface area contributed by atoms with Gasteiger partial charge >= 0.3 is 83.1 Å². The third-order valence-electron chi connectivity index (χ3n) is 1.14. The summed E-state index contributed by atoms with van der Waals surface area (Å²) < 4.78 is 6.29. The second kappa shape index (κ2) is 6.75. The molecule has 0 spiro atoms. The van der Waals surface area contributed by atoms with Crippen LogP contribution in [0, 0.1) is 0 Å². The van der Waals surface area contributed by atoms with Crippen molar-refractivity contribution in [1.29, 1.82) is 0 Å². The summed E-state index contributed by atoms with van der Waals surface area (Å²) in [7, 11) is 5.80. The van der Waals surface area contributed by atoms with Crippen molar-refractivity contribution in [2.24, 2.45) is 0 Å². The maximum atomic E-state index is 5.80. The molecule has 0 unspecified atom stereocenters. The summed E-state index contributed by atoms with van der Waals surface area (Å²) in [6.07, 6.45) is 0.948. The zero-order valence-corrected chi connectivity index (χ0v) is 13.3. The number of halogens is 2. The van der Waals surface area contributed by atoms with Crippen LogP contribution in [0.3, 0.4) is 0 Å². The van der Waals surface area contributed by atoms with Gasteiger partial charge in [-0.2, -0.15) is 0 Å². The molecule has 0 aliphatic carbocycles. The Morgan fingerprint density at radius 1 is 1.50 bits per heavy atom. The van der Waals surface area contributed by atoms with E-state index in [9.17, 15) is 0 Å². The van der Waals surface area contributed by atoms with Crippen LogP contribution in [0.1, 0.15) is 20.3 Å². The van der Waals surface area contributed by atoms with Crippen LogP contribution in [0.15, 0.2) is 8.30 Å². The predicted octanol–water partition coefficient (Wildman–Crippen LogP) is 3.08. The Labute approximate surface area is 82.6 Å². The molecule has 0 atom stereocenters. The zero-order chi connectivity index (χ0) is 7.98. The van der Waals surface area contributed by atoms with Gasteiger partial charge in [0.1, 0.15) is 0 Å².